The van der Waals surface area contributed by atoms with Crippen molar-refractivity contribution in [2.75, 3.05) is 0 Å². The molecule has 0 saturated heterocycles. The van der Waals surface area contributed by atoms with E-state index in [0.717, 1.165) is 11.2 Å². The molecule has 0 spiro atoms. The second-order valence-electron chi connectivity index (χ2n) is 8.65. The van der Waals surface area contributed by atoms with Crippen molar-refractivity contribution in [3.63, 3.8) is 0 Å². The minimum absolute atomic E-state index is 0.932. The lowest BCUT2D eigenvalue weighted by atomic mass is 9.98. The van der Waals surface area contributed by atoms with Crippen LogP contribution in [0.5, 0.6) is 0 Å². The lowest BCUT2D eigenvalue weighted by molar-refractivity contribution is 0.670. The molecule has 0 aliphatic rings. The summed E-state index contributed by atoms with van der Waals surface area (Å²) in [5.41, 5.74) is 6.76. The molecule has 6 aromatic carbocycles. The SMILES string of the molecule is c1ccc(-c2ccc3cc4c(cc3c2)oc2cc3cc(-c5ccccc5)ccc3cc24)cc1. The molecule has 1 heterocycles. The van der Waals surface area contributed by atoms with Crippen LogP contribution in [0.25, 0.3) is 65.7 Å². The number of benzene rings is 6. The molecule has 0 atom stereocenters. The van der Waals surface area contributed by atoms with Crippen molar-refractivity contribution in [3.05, 3.63) is 121 Å². The van der Waals surface area contributed by atoms with Crippen LogP contribution in [0.2, 0.25) is 0 Å². The van der Waals surface area contributed by atoms with Gasteiger partial charge in [-0.2, -0.15) is 0 Å². The molecule has 0 aliphatic heterocycles. The van der Waals surface area contributed by atoms with E-state index in [0.29, 0.717) is 0 Å². The first-order chi connectivity index (χ1) is 16.3. The molecule has 7 rings (SSSR count). The predicted octanol–water partition coefficient (Wildman–Crippen LogP) is 9.23. The highest BCUT2D eigenvalue weighted by Gasteiger charge is 2.11. The van der Waals surface area contributed by atoms with E-state index < -0.39 is 0 Å². The van der Waals surface area contributed by atoms with Crippen molar-refractivity contribution in [3.8, 4) is 22.3 Å². The summed E-state index contributed by atoms with van der Waals surface area (Å²) in [6.45, 7) is 0. The fourth-order valence-corrected chi connectivity index (χ4v) is 4.88. The van der Waals surface area contributed by atoms with Gasteiger partial charge in [-0.25, -0.2) is 0 Å². The minimum Gasteiger partial charge on any atom is -0.456 e. The van der Waals surface area contributed by atoms with E-state index in [1.807, 2.05) is 0 Å². The predicted molar refractivity (Wildman–Crippen MR) is 140 cm³/mol. The van der Waals surface area contributed by atoms with Crippen molar-refractivity contribution in [1.82, 2.24) is 0 Å². The van der Waals surface area contributed by atoms with E-state index in [1.54, 1.807) is 0 Å². The second kappa shape index (κ2) is 7.08. The van der Waals surface area contributed by atoms with Crippen LogP contribution >= 0.6 is 0 Å². The zero-order chi connectivity index (χ0) is 21.8. The first kappa shape index (κ1) is 18.2. The number of rotatable bonds is 2. The van der Waals surface area contributed by atoms with Gasteiger partial charge in [-0.15, -0.1) is 0 Å². The smallest absolute Gasteiger partial charge is 0.136 e. The summed E-state index contributed by atoms with van der Waals surface area (Å²) in [4.78, 5) is 0. The van der Waals surface area contributed by atoms with E-state index >= 15 is 0 Å². The van der Waals surface area contributed by atoms with Gasteiger partial charge in [-0.3, -0.25) is 0 Å². The zero-order valence-corrected chi connectivity index (χ0v) is 18.0. The summed E-state index contributed by atoms with van der Waals surface area (Å²) in [7, 11) is 0. The van der Waals surface area contributed by atoms with Crippen LogP contribution in [0, 0.1) is 0 Å². The molecule has 1 nitrogen and oxygen atoms in total. The summed E-state index contributed by atoms with van der Waals surface area (Å²) in [5, 5.41) is 7.17. The topological polar surface area (TPSA) is 13.1 Å². The van der Waals surface area contributed by atoms with Gasteiger partial charge < -0.3 is 4.42 Å². The minimum atomic E-state index is 0.932. The maximum absolute atomic E-state index is 6.36. The Balaban J connectivity index is 1.41. The number of fused-ring (bicyclic) bond motifs is 5. The van der Waals surface area contributed by atoms with E-state index in [-0.39, 0.29) is 0 Å². The van der Waals surface area contributed by atoms with Crippen LogP contribution in [0.1, 0.15) is 0 Å². The fraction of sp³-hybridized carbons (Fsp3) is 0. The summed E-state index contributed by atoms with van der Waals surface area (Å²) < 4.78 is 6.36. The van der Waals surface area contributed by atoms with E-state index in [2.05, 4.69) is 121 Å². The van der Waals surface area contributed by atoms with Crippen LogP contribution in [0.4, 0.5) is 0 Å². The van der Waals surface area contributed by atoms with E-state index in [1.165, 1.54) is 54.6 Å². The Morgan fingerprint density at radius 2 is 0.788 bits per heavy atom. The molecule has 7 aromatic rings. The molecule has 1 heteroatoms. The van der Waals surface area contributed by atoms with Gasteiger partial charge >= 0.3 is 0 Å². The van der Waals surface area contributed by atoms with Crippen molar-refractivity contribution >= 4 is 43.5 Å². The first-order valence-electron chi connectivity index (χ1n) is 11.3. The number of furan rings is 1. The molecule has 1 aromatic heterocycles. The molecule has 0 aliphatic carbocycles. The third kappa shape index (κ3) is 3.01. The molecule has 0 bridgehead atoms. The van der Waals surface area contributed by atoms with Crippen LogP contribution in [-0.2, 0) is 0 Å². The van der Waals surface area contributed by atoms with Crippen LogP contribution in [0.15, 0.2) is 126 Å². The van der Waals surface area contributed by atoms with Gasteiger partial charge in [0.25, 0.3) is 0 Å². The molecule has 33 heavy (non-hydrogen) atoms. The van der Waals surface area contributed by atoms with Gasteiger partial charge in [-0.05, 0) is 80.2 Å². The maximum atomic E-state index is 6.36. The lowest BCUT2D eigenvalue weighted by Crippen LogP contribution is -1.80. The summed E-state index contributed by atoms with van der Waals surface area (Å²) in [6.07, 6.45) is 0. The molecule has 0 N–H and O–H groups in total. The highest BCUT2D eigenvalue weighted by atomic mass is 16.3. The van der Waals surface area contributed by atoms with Gasteiger partial charge in [0.1, 0.15) is 11.2 Å². The molecular formula is C32H20O. The Morgan fingerprint density at radius 1 is 0.333 bits per heavy atom. The van der Waals surface area contributed by atoms with Crippen molar-refractivity contribution in [2.45, 2.75) is 0 Å². The molecule has 154 valence electrons. The number of hydrogen-bond acceptors (Lipinski definition) is 1. The van der Waals surface area contributed by atoms with Crippen molar-refractivity contribution in [1.29, 1.82) is 0 Å². The average molecular weight is 421 g/mol. The Kier molecular flexibility index (Phi) is 3.91. The van der Waals surface area contributed by atoms with Gasteiger partial charge in [0.15, 0.2) is 0 Å². The fourth-order valence-electron chi connectivity index (χ4n) is 4.88. The molecule has 0 radical (unpaired) electrons. The number of hydrogen-bond donors (Lipinski definition) is 0. The highest BCUT2D eigenvalue weighted by molar-refractivity contribution is 6.14. The van der Waals surface area contributed by atoms with E-state index in [9.17, 15) is 0 Å². The monoisotopic (exact) mass is 420 g/mol. The zero-order valence-electron chi connectivity index (χ0n) is 18.0. The van der Waals surface area contributed by atoms with Gasteiger partial charge in [0.2, 0.25) is 0 Å². The average Bonchev–Trinajstić information content (AvgIpc) is 3.22. The standard InChI is InChI=1S/C32H20O/c1-3-7-21(8-4-1)23-11-13-25-17-29-30-18-26-14-12-24(22-9-5-2-6-10-22)16-28(26)20-32(30)33-31(29)19-27(25)15-23/h1-20H. The molecular weight excluding hydrogens is 400 g/mol. The quantitative estimate of drug-likeness (QED) is 0.272. The van der Waals surface area contributed by atoms with Crippen molar-refractivity contribution < 1.29 is 4.42 Å². The normalized spacial score (nSPS) is 11.6. The Labute approximate surface area is 191 Å². The van der Waals surface area contributed by atoms with Crippen molar-refractivity contribution in [2.24, 2.45) is 0 Å². The summed E-state index contributed by atoms with van der Waals surface area (Å²) >= 11 is 0. The summed E-state index contributed by atoms with van der Waals surface area (Å²) in [5.74, 6) is 0. The second-order valence-corrected chi connectivity index (χ2v) is 8.65. The Bertz CT molecular complexity index is 1660. The molecule has 0 saturated carbocycles. The Morgan fingerprint density at radius 3 is 1.24 bits per heavy atom. The third-order valence-corrected chi connectivity index (χ3v) is 6.60. The third-order valence-electron chi connectivity index (χ3n) is 6.60. The van der Waals surface area contributed by atoms with Gasteiger partial charge in [0, 0.05) is 10.8 Å². The largest absolute Gasteiger partial charge is 0.456 e. The van der Waals surface area contributed by atoms with Crippen LogP contribution in [0.3, 0.4) is 0 Å². The molecule has 0 amide bonds. The summed E-state index contributed by atoms with van der Waals surface area (Å²) in [6, 6.07) is 43.2. The molecule has 0 unspecified atom stereocenters. The van der Waals surface area contributed by atoms with Crippen LogP contribution < -0.4 is 0 Å². The van der Waals surface area contributed by atoms with Crippen LogP contribution in [-0.4, -0.2) is 0 Å². The lowest BCUT2D eigenvalue weighted by Gasteiger charge is -2.05. The highest BCUT2D eigenvalue weighted by Crippen LogP contribution is 2.36. The van der Waals surface area contributed by atoms with Gasteiger partial charge in [-0.1, -0.05) is 84.9 Å². The van der Waals surface area contributed by atoms with E-state index in [4.69, 9.17) is 4.42 Å². The first-order valence-corrected chi connectivity index (χ1v) is 11.3. The Hall–Kier alpha value is -4.36. The van der Waals surface area contributed by atoms with Gasteiger partial charge in [0.05, 0.1) is 0 Å². The molecule has 0 fully saturated rings. The maximum Gasteiger partial charge on any atom is 0.136 e.